The van der Waals surface area contributed by atoms with Crippen LogP contribution in [0.25, 0.3) is 0 Å². The topological polar surface area (TPSA) is 85.1 Å². The Kier molecular flexibility index (Phi) is 8.56. The van der Waals surface area contributed by atoms with E-state index in [9.17, 15) is 9.59 Å². The van der Waals surface area contributed by atoms with E-state index in [2.05, 4.69) is 0 Å². The van der Waals surface area contributed by atoms with Gasteiger partial charge in [0.15, 0.2) is 0 Å². The lowest BCUT2D eigenvalue weighted by Gasteiger charge is -2.40. The van der Waals surface area contributed by atoms with Crippen LogP contribution in [0.2, 0.25) is 0 Å². The van der Waals surface area contributed by atoms with E-state index in [1.54, 1.807) is 12.0 Å². The molecule has 184 valence electrons. The summed E-state index contributed by atoms with van der Waals surface area (Å²) in [7, 11) is 1.63. The highest BCUT2D eigenvalue weighted by molar-refractivity contribution is 5.82. The van der Waals surface area contributed by atoms with Gasteiger partial charge >= 0.3 is 6.09 Å². The average molecular weight is 468 g/mol. The third kappa shape index (κ3) is 6.73. The molecule has 0 unspecified atom stereocenters. The summed E-state index contributed by atoms with van der Waals surface area (Å²) < 4.78 is 10.9. The lowest BCUT2D eigenvalue weighted by atomic mass is 9.86. The smallest absolute Gasteiger partial charge is 0.410 e. The molecule has 1 aliphatic heterocycles. The number of amides is 2. The molecule has 0 aromatic heterocycles. The Balaban J connectivity index is 1.68. The molecule has 1 saturated heterocycles. The second-order valence-corrected chi connectivity index (χ2v) is 9.92. The van der Waals surface area contributed by atoms with Crippen molar-refractivity contribution in [2.75, 3.05) is 20.2 Å². The number of likely N-dealkylation sites (tertiary alicyclic amines) is 1. The molecular weight excluding hydrogens is 430 g/mol. The van der Waals surface area contributed by atoms with Crippen molar-refractivity contribution in [2.24, 2.45) is 11.1 Å². The van der Waals surface area contributed by atoms with Gasteiger partial charge in [0.25, 0.3) is 0 Å². The number of carbonyl (C=O) groups is 2. The number of rotatable bonds is 7. The molecule has 7 heteroatoms. The number of benzene rings is 2. The van der Waals surface area contributed by atoms with Gasteiger partial charge in [-0.1, -0.05) is 63.2 Å². The molecule has 7 nitrogen and oxygen atoms in total. The molecule has 2 N–H and O–H groups in total. The van der Waals surface area contributed by atoms with E-state index in [1.807, 2.05) is 80.3 Å². The van der Waals surface area contributed by atoms with Gasteiger partial charge in [-0.25, -0.2) is 4.79 Å². The van der Waals surface area contributed by atoms with Crippen LogP contribution in [-0.4, -0.2) is 54.1 Å². The van der Waals surface area contributed by atoms with Gasteiger partial charge < -0.3 is 25.0 Å². The molecule has 1 aliphatic rings. The van der Waals surface area contributed by atoms with E-state index in [0.717, 1.165) is 16.9 Å². The van der Waals surface area contributed by atoms with Gasteiger partial charge in [0.2, 0.25) is 5.91 Å². The second kappa shape index (κ2) is 11.4. The summed E-state index contributed by atoms with van der Waals surface area (Å²) in [4.78, 5) is 29.6. The van der Waals surface area contributed by atoms with Crippen molar-refractivity contribution in [1.29, 1.82) is 0 Å². The van der Waals surface area contributed by atoms with Gasteiger partial charge in [-0.3, -0.25) is 4.79 Å². The molecule has 1 fully saturated rings. The Hall–Kier alpha value is -3.06. The zero-order valence-corrected chi connectivity index (χ0v) is 20.7. The molecule has 34 heavy (non-hydrogen) atoms. The molecule has 2 amide bonds. The fourth-order valence-electron chi connectivity index (χ4n) is 4.04. The van der Waals surface area contributed by atoms with E-state index >= 15 is 0 Å². The van der Waals surface area contributed by atoms with E-state index in [4.69, 9.17) is 15.2 Å². The zero-order chi connectivity index (χ0) is 24.7. The number of piperidine rings is 1. The van der Waals surface area contributed by atoms with Gasteiger partial charge in [-0.2, -0.15) is 0 Å². The van der Waals surface area contributed by atoms with Crippen LogP contribution in [0.15, 0.2) is 54.6 Å². The van der Waals surface area contributed by atoms with Crippen LogP contribution in [0.4, 0.5) is 4.79 Å². The largest absolute Gasteiger partial charge is 0.497 e. The van der Waals surface area contributed by atoms with Crippen LogP contribution in [0.5, 0.6) is 5.75 Å². The number of ether oxygens (including phenoxy) is 2. The van der Waals surface area contributed by atoms with Crippen LogP contribution in [0.1, 0.15) is 44.7 Å². The molecule has 2 aromatic carbocycles. The lowest BCUT2D eigenvalue weighted by Crippen LogP contribution is -2.54. The Morgan fingerprint density at radius 1 is 1.03 bits per heavy atom. The summed E-state index contributed by atoms with van der Waals surface area (Å²) in [6.45, 7) is 7.70. The summed E-state index contributed by atoms with van der Waals surface area (Å²) in [5, 5.41) is 0. The maximum atomic E-state index is 13.2. The predicted octanol–water partition coefficient (Wildman–Crippen LogP) is 4.20. The van der Waals surface area contributed by atoms with Crippen molar-refractivity contribution in [3.63, 3.8) is 0 Å². The molecule has 0 radical (unpaired) electrons. The number of nitrogens with two attached hydrogens (primary N) is 1. The first-order chi connectivity index (χ1) is 16.2. The molecule has 1 heterocycles. The van der Waals surface area contributed by atoms with E-state index in [1.165, 1.54) is 0 Å². The zero-order valence-electron chi connectivity index (χ0n) is 20.7. The molecular formula is C27H37N3O4. The molecule has 0 spiro atoms. The summed E-state index contributed by atoms with van der Waals surface area (Å²) in [5.41, 5.74) is 7.84. The minimum absolute atomic E-state index is 0.0275. The summed E-state index contributed by atoms with van der Waals surface area (Å²) >= 11 is 0. The molecule has 3 rings (SSSR count). The van der Waals surface area contributed by atoms with Crippen molar-refractivity contribution in [3.8, 4) is 5.75 Å². The van der Waals surface area contributed by atoms with Crippen molar-refractivity contribution in [3.05, 3.63) is 65.7 Å². The first-order valence-electron chi connectivity index (χ1n) is 11.8. The van der Waals surface area contributed by atoms with Crippen molar-refractivity contribution in [2.45, 2.75) is 58.8 Å². The molecule has 0 bridgehead atoms. The third-order valence-corrected chi connectivity index (χ3v) is 6.37. The van der Waals surface area contributed by atoms with Gasteiger partial charge in [-0.15, -0.1) is 0 Å². The Morgan fingerprint density at radius 2 is 1.65 bits per heavy atom. The quantitative estimate of drug-likeness (QED) is 0.660. The predicted molar refractivity (Wildman–Crippen MR) is 132 cm³/mol. The van der Waals surface area contributed by atoms with Gasteiger partial charge in [0, 0.05) is 25.7 Å². The molecule has 1 atom stereocenters. The van der Waals surface area contributed by atoms with Gasteiger partial charge in [-0.05, 0) is 41.5 Å². The Bertz CT molecular complexity index is 933. The van der Waals surface area contributed by atoms with E-state index in [-0.39, 0.29) is 30.1 Å². The monoisotopic (exact) mass is 467 g/mol. The van der Waals surface area contributed by atoms with E-state index < -0.39 is 6.04 Å². The normalized spacial score (nSPS) is 15.5. The third-order valence-electron chi connectivity index (χ3n) is 6.37. The second-order valence-electron chi connectivity index (χ2n) is 9.92. The number of hydrogen-bond donors (Lipinski definition) is 1. The molecule has 0 saturated carbocycles. The number of methoxy groups -OCH3 is 1. The first-order valence-corrected chi connectivity index (χ1v) is 11.8. The molecule has 0 aliphatic carbocycles. The number of hydrogen-bond acceptors (Lipinski definition) is 5. The van der Waals surface area contributed by atoms with Gasteiger partial charge in [0.1, 0.15) is 12.4 Å². The highest BCUT2D eigenvalue weighted by Gasteiger charge is 2.35. The minimum atomic E-state index is -0.546. The van der Waals surface area contributed by atoms with Crippen LogP contribution >= 0.6 is 0 Å². The highest BCUT2D eigenvalue weighted by atomic mass is 16.6. The first kappa shape index (κ1) is 25.6. The Morgan fingerprint density at radius 3 is 2.21 bits per heavy atom. The van der Waals surface area contributed by atoms with E-state index in [0.29, 0.717) is 32.5 Å². The van der Waals surface area contributed by atoms with Crippen LogP contribution in [0, 0.1) is 5.41 Å². The van der Waals surface area contributed by atoms with Crippen molar-refractivity contribution >= 4 is 12.0 Å². The standard InChI is InChI=1S/C27H37N3O4/c1-27(2,3)24(28)25(31)29-16-14-22(15-17-29)30(18-20-10-12-23(33-4)13-11-20)26(32)34-19-21-8-6-5-7-9-21/h5-13,22,24H,14-19,28H2,1-4H3/t24-/m1/s1. The minimum Gasteiger partial charge on any atom is -0.497 e. The van der Waals surface area contributed by atoms with Gasteiger partial charge in [0.05, 0.1) is 13.2 Å². The van der Waals surface area contributed by atoms with Crippen LogP contribution in [-0.2, 0) is 22.7 Å². The number of nitrogens with zero attached hydrogens (tertiary/aromatic N) is 2. The SMILES string of the molecule is COc1ccc(CN(C(=O)OCc2ccccc2)C2CCN(C(=O)[C@@H](N)C(C)(C)C)CC2)cc1. The highest BCUT2D eigenvalue weighted by Crippen LogP contribution is 2.25. The summed E-state index contributed by atoms with van der Waals surface area (Å²) in [6.07, 6.45) is 1.01. The summed E-state index contributed by atoms with van der Waals surface area (Å²) in [5.74, 6) is 0.739. The number of carbonyl (C=O) groups excluding carboxylic acids is 2. The molecule has 2 aromatic rings. The maximum Gasteiger partial charge on any atom is 0.410 e. The maximum absolute atomic E-state index is 13.2. The van der Waals surface area contributed by atoms with Crippen LogP contribution in [0.3, 0.4) is 0 Å². The summed E-state index contributed by atoms with van der Waals surface area (Å²) in [6, 6.07) is 16.8. The fourth-order valence-corrected chi connectivity index (χ4v) is 4.04. The van der Waals surface area contributed by atoms with Crippen molar-refractivity contribution in [1.82, 2.24) is 9.80 Å². The van der Waals surface area contributed by atoms with Crippen LogP contribution < -0.4 is 10.5 Å². The average Bonchev–Trinajstić information content (AvgIpc) is 2.85. The fraction of sp³-hybridized carbons (Fsp3) is 0.481. The van der Waals surface area contributed by atoms with Crippen molar-refractivity contribution < 1.29 is 19.1 Å². The lowest BCUT2D eigenvalue weighted by molar-refractivity contribution is -0.136. The Labute approximate surface area is 202 Å².